The molecule has 144 valence electrons. The van der Waals surface area contributed by atoms with Crippen LogP contribution in [0.5, 0.6) is 0 Å². The van der Waals surface area contributed by atoms with Crippen LogP contribution in [0.25, 0.3) is 0 Å². The summed E-state index contributed by atoms with van der Waals surface area (Å²) in [5.41, 5.74) is 1.79. The minimum Gasteiger partial charge on any atom is -0.462 e. The number of rotatable bonds is 5. The maximum atomic E-state index is 12.9. The van der Waals surface area contributed by atoms with Gasteiger partial charge in [-0.3, -0.25) is 9.59 Å². The Balaban J connectivity index is 1.91. The number of carbonyl (C=O) groups excluding carboxylic acids is 3. The Morgan fingerprint density at radius 1 is 1.11 bits per heavy atom. The molecule has 28 heavy (non-hydrogen) atoms. The van der Waals surface area contributed by atoms with Gasteiger partial charge in [0.2, 0.25) is 0 Å². The average molecular weight is 419 g/mol. The van der Waals surface area contributed by atoms with Crippen molar-refractivity contribution in [3.8, 4) is 0 Å². The van der Waals surface area contributed by atoms with Crippen molar-refractivity contribution >= 4 is 52.4 Å². The second-order valence-corrected chi connectivity index (χ2v) is 6.80. The quantitative estimate of drug-likeness (QED) is 0.579. The predicted octanol–water partition coefficient (Wildman–Crippen LogP) is 4.26. The SMILES string of the molecule is CCOC(=O)c1cccc(N2C(=O)C(Cl)=C(Nc3ccc(Cl)cc3C)C2=O)c1. The van der Waals surface area contributed by atoms with Crippen LogP contribution in [-0.2, 0) is 14.3 Å². The van der Waals surface area contributed by atoms with Gasteiger partial charge in [-0.2, -0.15) is 0 Å². The van der Waals surface area contributed by atoms with Crippen LogP contribution in [0.1, 0.15) is 22.8 Å². The van der Waals surface area contributed by atoms with Crippen LogP contribution in [0.4, 0.5) is 11.4 Å². The Morgan fingerprint density at radius 2 is 1.86 bits per heavy atom. The molecule has 1 heterocycles. The van der Waals surface area contributed by atoms with E-state index in [0.717, 1.165) is 10.5 Å². The molecule has 0 fully saturated rings. The lowest BCUT2D eigenvalue weighted by Gasteiger charge is -2.16. The van der Waals surface area contributed by atoms with E-state index in [4.69, 9.17) is 27.9 Å². The molecule has 2 aromatic rings. The van der Waals surface area contributed by atoms with E-state index in [1.165, 1.54) is 12.1 Å². The third-order valence-electron chi connectivity index (χ3n) is 4.09. The highest BCUT2D eigenvalue weighted by Gasteiger charge is 2.39. The number of anilines is 2. The monoisotopic (exact) mass is 418 g/mol. The van der Waals surface area contributed by atoms with Crippen LogP contribution in [0.3, 0.4) is 0 Å². The number of nitrogens with one attached hydrogen (secondary N) is 1. The molecule has 0 saturated carbocycles. The number of ether oxygens (including phenoxy) is 1. The highest BCUT2D eigenvalue weighted by atomic mass is 35.5. The first kappa shape index (κ1) is 19.9. The molecule has 2 amide bonds. The van der Waals surface area contributed by atoms with Crippen LogP contribution < -0.4 is 10.2 Å². The molecule has 0 spiro atoms. The minimum absolute atomic E-state index is 0.0429. The summed E-state index contributed by atoms with van der Waals surface area (Å²) in [6.07, 6.45) is 0. The van der Waals surface area contributed by atoms with Gasteiger partial charge in [-0.25, -0.2) is 9.69 Å². The molecule has 0 unspecified atom stereocenters. The molecule has 0 aromatic heterocycles. The van der Waals surface area contributed by atoms with Crippen LogP contribution in [0, 0.1) is 6.92 Å². The number of esters is 1. The van der Waals surface area contributed by atoms with Crippen molar-refractivity contribution in [3.05, 3.63) is 69.3 Å². The van der Waals surface area contributed by atoms with Gasteiger partial charge in [0.25, 0.3) is 11.8 Å². The maximum absolute atomic E-state index is 12.9. The highest BCUT2D eigenvalue weighted by Crippen LogP contribution is 2.31. The molecular formula is C20H16Cl2N2O4. The minimum atomic E-state index is -0.679. The molecule has 3 rings (SSSR count). The fourth-order valence-electron chi connectivity index (χ4n) is 2.73. The lowest BCUT2D eigenvalue weighted by atomic mass is 10.2. The first-order valence-corrected chi connectivity index (χ1v) is 9.18. The number of amides is 2. The topological polar surface area (TPSA) is 75.7 Å². The Bertz CT molecular complexity index is 1020. The normalized spacial score (nSPS) is 13.9. The summed E-state index contributed by atoms with van der Waals surface area (Å²) in [7, 11) is 0. The standard InChI is InChI=1S/C20H16Cl2N2O4/c1-3-28-20(27)12-5-4-6-14(10-12)24-18(25)16(22)17(19(24)26)23-15-8-7-13(21)9-11(15)2/h4-10,23H,3H2,1-2H3. The Kier molecular flexibility index (Phi) is 5.72. The van der Waals surface area contributed by atoms with E-state index in [1.54, 1.807) is 37.3 Å². The molecule has 2 aromatic carbocycles. The Labute approximate surface area is 171 Å². The fourth-order valence-corrected chi connectivity index (χ4v) is 3.17. The summed E-state index contributed by atoms with van der Waals surface area (Å²) in [6.45, 7) is 3.71. The van der Waals surface area contributed by atoms with E-state index in [1.807, 2.05) is 6.92 Å². The molecule has 0 saturated heterocycles. The van der Waals surface area contributed by atoms with E-state index in [-0.39, 0.29) is 28.6 Å². The zero-order valence-electron chi connectivity index (χ0n) is 15.1. The number of imide groups is 1. The van der Waals surface area contributed by atoms with Crippen LogP contribution in [0.15, 0.2) is 53.2 Å². The van der Waals surface area contributed by atoms with Crippen molar-refractivity contribution in [1.82, 2.24) is 0 Å². The third kappa shape index (κ3) is 3.74. The highest BCUT2D eigenvalue weighted by molar-refractivity contribution is 6.53. The number of nitrogens with zero attached hydrogens (tertiary/aromatic N) is 1. The summed E-state index contributed by atoms with van der Waals surface area (Å²) in [5, 5.41) is 3.22. The molecule has 1 aliphatic heterocycles. The van der Waals surface area contributed by atoms with E-state index < -0.39 is 17.8 Å². The van der Waals surface area contributed by atoms with Crippen LogP contribution >= 0.6 is 23.2 Å². The Morgan fingerprint density at radius 3 is 2.54 bits per heavy atom. The van der Waals surface area contributed by atoms with Crippen molar-refractivity contribution in [2.75, 3.05) is 16.8 Å². The predicted molar refractivity (Wildman–Crippen MR) is 108 cm³/mol. The van der Waals surface area contributed by atoms with Crippen molar-refractivity contribution in [2.45, 2.75) is 13.8 Å². The Hall–Kier alpha value is -2.83. The zero-order valence-corrected chi connectivity index (χ0v) is 16.6. The van der Waals surface area contributed by atoms with E-state index >= 15 is 0 Å². The first-order chi connectivity index (χ1) is 13.3. The van der Waals surface area contributed by atoms with Crippen molar-refractivity contribution in [2.24, 2.45) is 0 Å². The largest absolute Gasteiger partial charge is 0.462 e. The van der Waals surface area contributed by atoms with Gasteiger partial charge in [-0.05, 0) is 55.8 Å². The fraction of sp³-hybridized carbons (Fsp3) is 0.150. The van der Waals surface area contributed by atoms with Crippen molar-refractivity contribution < 1.29 is 19.1 Å². The lowest BCUT2D eigenvalue weighted by molar-refractivity contribution is -0.120. The zero-order chi connectivity index (χ0) is 20.4. The molecule has 0 radical (unpaired) electrons. The van der Waals surface area contributed by atoms with Crippen molar-refractivity contribution in [1.29, 1.82) is 0 Å². The second-order valence-electron chi connectivity index (χ2n) is 5.99. The van der Waals surface area contributed by atoms with Gasteiger partial charge < -0.3 is 10.1 Å². The van der Waals surface area contributed by atoms with Gasteiger partial charge >= 0.3 is 5.97 Å². The number of benzene rings is 2. The number of aryl methyl sites for hydroxylation is 1. The van der Waals surface area contributed by atoms with Gasteiger partial charge in [-0.15, -0.1) is 0 Å². The number of halogens is 2. The second kappa shape index (κ2) is 8.04. The molecule has 0 atom stereocenters. The lowest BCUT2D eigenvalue weighted by Crippen LogP contribution is -2.32. The van der Waals surface area contributed by atoms with Gasteiger partial charge in [-0.1, -0.05) is 29.3 Å². The molecular weight excluding hydrogens is 403 g/mol. The summed E-state index contributed by atoms with van der Waals surface area (Å²) < 4.78 is 4.96. The summed E-state index contributed by atoms with van der Waals surface area (Å²) >= 11 is 12.1. The van der Waals surface area contributed by atoms with Crippen LogP contribution in [0.2, 0.25) is 5.02 Å². The van der Waals surface area contributed by atoms with E-state index in [0.29, 0.717) is 10.7 Å². The average Bonchev–Trinajstić information content (AvgIpc) is 2.87. The molecule has 1 N–H and O–H groups in total. The smallest absolute Gasteiger partial charge is 0.338 e. The maximum Gasteiger partial charge on any atom is 0.338 e. The van der Waals surface area contributed by atoms with Gasteiger partial charge in [0.15, 0.2) is 0 Å². The molecule has 0 bridgehead atoms. The van der Waals surface area contributed by atoms with Gasteiger partial charge in [0, 0.05) is 10.7 Å². The number of carbonyl (C=O) groups is 3. The molecule has 8 heteroatoms. The number of hydrogen-bond acceptors (Lipinski definition) is 5. The molecule has 1 aliphatic rings. The first-order valence-electron chi connectivity index (χ1n) is 8.42. The van der Waals surface area contributed by atoms with Crippen molar-refractivity contribution in [3.63, 3.8) is 0 Å². The number of hydrogen-bond donors (Lipinski definition) is 1. The summed E-state index contributed by atoms with van der Waals surface area (Å²) in [6, 6.07) is 11.1. The summed E-state index contributed by atoms with van der Waals surface area (Å²) in [5.74, 6) is -1.84. The summed E-state index contributed by atoms with van der Waals surface area (Å²) in [4.78, 5) is 38.3. The van der Waals surface area contributed by atoms with Gasteiger partial charge in [0.05, 0.1) is 17.9 Å². The van der Waals surface area contributed by atoms with Gasteiger partial charge in [0.1, 0.15) is 10.7 Å². The van der Waals surface area contributed by atoms with E-state index in [9.17, 15) is 14.4 Å². The molecule has 0 aliphatic carbocycles. The van der Waals surface area contributed by atoms with Crippen LogP contribution in [-0.4, -0.2) is 24.4 Å². The molecule has 6 nitrogen and oxygen atoms in total. The third-order valence-corrected chi connectivity index (χ3v) is 4.68. The van der Waals surface area contributed by atoms with E-state index in [2.05, 4.69) is 5.32 Å².